The molecule has 1 amide bonds. The molecule has 0 fully saturated rings. The van der Waals surface area contributed by atoms with Gasteiger partial charge in [-0.3, -0.25) is 14.4 Å². The normalized spacial score (nSPS) is 10.2. The zero-order valence-electron chi connectivity index (χ0n) is 13.3. The van der Waals surface area contributed by atoms with Crippen molar-refractivity contribution in [2.75, 3.05) is 13.2 Å². The van der Waals surface area contributed by atoms with Crippen LogP contribution in [-0.4, -0.2) is 30.8 Å². The largest absolute Gasteiger partial charge is 0.456 e. The summed E-state index contributed by atoms with van der Waals surface area (Å²) < 4.78 is 4.85. The Balaban J connectivity index is 2.20. The van der Waals surface area contributed by atoms with Gasteiger partial charge in [-0.1, -0.05) is 37.8 Å². The molecule has 0 bridgehead atoms. The van der Waals surface area contributed by atoms with Gasteiger partial charge in [-0.05, 0) is 30.7 Å². The number of hydrogen-bond donors (Lipinski definition) is 1. The molecule has 1 aromatic rings. The Bertz CT molecular complexity index is 528. The summed E-state index contributed by atoms with van der Waals surface area (Å²) in [6.07, 6.45) is 4.42. The summed E-state index contributed by atoms with van der Waals surface area (Å²) in [5.41, 5.74) is 0.419. The second-order valence-corrected chi connectivity index (χ2v) is 5.61. The summed E-state index contributed by atoms with van der Waals surface area (Å²) in [6.45, 7) is 1.52. The lowest BCUT2D eigenvalue weighted by Crippen LogP contribution is -2.31. The monoisotopic (exact) mass is 339 g/mol. The Labute approximate surface area is 141 Å². The zero-order valence-corrected chi connectivity index (χ0v) is 14.0. The van der Waals surface area contributed by atoms with Crippen molar-refractivity contribution in [2.45, 2.75) is 39.0 Å². The number of Topliss-reactive ketones (excluding diaryl/α,β-unsaturated/α-hetero) is 1. The third-order valence-electron chi connectivity index (χ3n) is 3.22. The Morgan fingerprint density at radius 1 is 1.09 bits per heavy atom. The summed E-state index contributed by atoms with van der Waals surface area (Å²) in [5, 5.41) is 3.02. The van der Waals surface area contributed by atoms with Gasteiger partial charge in [0.1, 0.15) is 6.54 Å². The molecule has 0 aromatic heterocycles. The highest BCUT2D eigenvalue weighted by atomic mass is 35.5. The maximum absolute atomic E-state index is 11.8. The minimum atomic E-state index is -0.630. The Morgan fingerprint density at radius 2 is 1.78 bits per heavy atom. The maximum atomic E-state index is 11.8. The van der Waals surface area contributed by atoms with Gasteiger partial charge >= 0.3 is 5.97 Å². The summed E-state index contributed by atoms with van der Waals surface area (Å²) in [7, 11) is 0. The van der Waals surface area contributed by atoms with E-state index in [2.05, 4.69) is 12.2 Å². The summed E-state index contributed by atoms with van der Waals surface area (Å²) in [5.74, 6) is -1.13. The molecule has 0 atom stereocenters. The fourth-order valence-electron chi connectivity index (χ4n) is 1.89. The van der Waals surface area contributed by atoms with Crippen LogP contribution < -0.4 is 5.32 Å². The third-order valence-corrected chi connectivity index (χ3v) is 3.47. The molecule has 0 radical (unpaired) electrons. The summed E-state index contributed by atoms with van der Waals surface area (Å²) in [6, 6.07) is 6.32. The number of ketones is 1. The standard InChI is InChI=1S/C17H22ClNO4/c1-2-3-4-5-6-16(21)19-11-17(22)23-12-15(20)13-7-9-14(18)10-8-13/h7-10H,2-6,11-12H2,1H3,(H,19,21). The molecule has 1 aromatic carbocycles. The predicted octanol–water partition coefficient (Wildman–Crippen LogP) is 3.15. The van der Waals surface area contributed by atoms with Crippen molar-refractivity contribution in [2.24, 2.45) is 0 Å². The number of ether oxygens (including phenoxy) is 1. The molecule has 23 heavy (non-hydrogen) atoms. The number of hydrogen-bond acceptors (Lipinski definition) is 4. The molecule has 0 unspecified atom stereocenters. The van der Waals surface area contributed by atoms with Gasteiger partial charge in [-0.15, -0.1) is 0 Å². The van der Waals surface area contributed by atoms with Gasteiger partial charge in [0.25, 0.3) is 0 Å². The van der Waals surface area contributed by atoms with Gasteiger partial charge in [0.15, 0.2) is 12.4 Å². The molecule has 0 saturated carbocycles. The van der Waals surface area contributed by atoms with Crippen molar-refractivity contribution in [3.05, 3.63) is 34.9 Å². The molecule has 0 aliphatic rings. The molecular weight excluding hydrogens is 318 g/mol. The van der Waals surface area contributed by atoms with Crippen LogP contribution in [-0.2, 0) is 14.3 Å². The first kappa shape index (κ1) is 19.2. The fourth-order valence-corrected chi connectivity index (χ4v) is 2.01. The number of carbonyl (C=O) groups is 3. The average Bonchev–Trinajstić information content (AvgIpc) is 2.55. The van der Waals surface area contributed by atoms with Crippen molar-refractivity contribution >= 4 is 29.3 Å². The molecule has 1 N–H and O–H groups in total. The van der Waals surface area contributed by atoms with E-state index >= 15 is 0 Å². The quantitative estimate of drug-likeness (QED) is 0.404. The molecule has 0 heterocycles. The van der Waals surface area contributed by atoms with Crippen molar-refractivity contribution in [3.63, 3.8) is 0 Å². The van der Waals surface area contributed by atoms with Crippen LogP contribution in [0.15, 0.2) is 24.3 Å². The van der Waals surface area contributed by atoms with Crippen LogP contribution >= 0.6 is 11.6 Å². The van der Waals surface area contributed by atoms with E-state index in [-0.39, 0.29) is 24.8 Å². The first-order chi connectivity index (χ1) is 11.0. The van der Waals surface area contributed by atoms with Gasteiger partial charge in [-0.2, -0.15) is 0 Å². The molecule has 0 aliphatic heterocycles. The number of nitrogens with one attached hydrogen (secondary N) is 1. The van der Waals surface area contributed by atoms with E-state index in [1.165, 1.54) is 0 Å². The highest BCUT2D eigenvalue weighted by Gasteiger charge is 2.11. The number of halogens is 1. The van der Waals surface area contributed by atoms with Crippen LogP contribution in [0.4, 0.5) is 0 Å². The Morgan fingerprint density at radius 3 is 2.43 bits per heavy atom. The van der Waals surface area contributed by atoms with E-state index in [1.807, 2.05) is 0 Å². The van der Waals surface area contributed by atoms with E-state index in [0.29, 0.717) is 17.0 Å². The molecule has 1 rings (SSSR count). The highest BCUT2D eigenvalue weighted by molar-refractivity contribution is 6.30. The minimum absolute atomic E-state index is 0.179. The van der Waals surface area contributed by atoms with Crippen molar-refractivity contribution in [1.29, 1.82) is 0 Å². The van der Waals surface area contributed by atoms with Gasteiger partial charge < -0.3 is 10.1 Å². The van der Waals surface area contributed by atoms with E-state index < -0.39 is 5.97 Å². The number of carbonyl (C=O) groups excluding carboxylic acids is 3. The predicted molar refractivity (Wildman–Crippen MR) is 88.5 cm³/mol. The highest BCUT2D eigenvalue weighted by Crippen LogP contribution is 2.10. The SMILES string of the molecule is CCCCCCC(=O)NCC(=O)OCC(=O)c1ccc(Cl)cc1. The van der Waals surface area contributed by atoms with Crippen molar-refractivity contribution < 1.29 is 19.1 Å². The van der Waals surface area contributed by atoms with Crippen LogP contribution in [0.1, 0.15) is 49.4 Å². The summed E-state index contributed by atoms with van der Waals surface area (Å²) in [4.78, 5) is 34.8. The van der Waals surface area contributed by atoms with Crippen molar-refractivity contribution in [1.82, 2.24) is 5.32 Å². The third kappa shape index (κ3) is 8.35. The number of unbranched alkanes of at least 4 members (excludes halogenated alkanes) is 3. The molecule has 6 heteroatoms. The van der Waals surface area contributed by atoms with E-state index in [1.54, 1.807) is 24.3 Å². The first-order valence-electron chi connectivity index (χ1n) is 7.74. The van der Waals surface area contributed by atoms with Gasteiger partial charge in [0, 0.05) is 17.0 Å². The zero-order chi connectivity index (χ0) is 17.1. The Hall–Kier alpha value is -1.88. The smallest absolute Gasteiger partial charge is 0.325 e. The van der Waals surface area contributed by atoms with E-state index in [9.17, 15) is 14.4 Å². The van der Waals surface area contributed by atoms with Crippen LogP contribution in [0.3, 0.4) is 0 Å². The number of esters is 1. The summed E-state index contributed by atoms with van der Waals surface area (Å²) >= 11 is 5.73. The molecular formula is C17H22ClNO4. The second-order valence-electron chi connectivity index (χ2n) is 5.18. The van der Waals surface area contributed by atoms with Crippen LogP contribution in [0.25, 0.3) is 0 Å². The van der Waals surface area contributed by atoms with Gasteiger partial charge in [0.2, 0.25) is 5.91 Å². The minimum Gasteiger partial charge on any atom is -0.456 e. The molecule has 126 valence electrons. The fraction of sp³-hybridized carbons (Fsp3) is 0.471. The van der Waals surface area contributed by atoms with Crippen LogP contribution in [0.5, 0.6) is 0 Å². The van der Waals surface area contributed by atoms with Gasteiger partial charge in [-0.25, -0.2) is 0 Å². The second kappa shape index (κ2) is 10.8. The molecule has 5 nitrogen and oxygen atoms in total. The van der Waals surface area contributed by atoms with Crippen LogP contribution in [0, 0.1) is 0 Å². The van der Waals surface area contributed by atoms with E-state index in [0.717, 1.165) is 25.7 Å². The molecule has 0 saturated heterocycles. The topological polar surface area (TPSA) is 72.5 Å². The molecule has 0 aliphatic carbocycles. The number of benzene rings is 1. The molecule has 0 spiro atoms. The lowest BCUT2D eigenvalue weighted by Gasteiger charge is -2.06. The maximum Gasteiger partial charge on any atom is 0.325 e. The van der Waals surface area contributed by atoms with Crippen LogP contribution in [0.2, 0.25) is 5.02 Å². The number of amides is 1. The first-order valence-corrected chi connectivity index (χ1v) is 8.11. The lowest BCUT2D eigenvalue weighted by molar-refractivity contribution is -0.142. The lowest BCUT2D eigenvalue weighted by atomic mass is 10.1. The van der Waals surface area contributed by atoms with Crippen molar-refractivity contribution in [3.8, 4) is 0 Å². The average molecular weight is 340 g/mol. The van der Waals surface area contributed by atoms with Gasteiger partial charge in [0.05, 0.1) is 0 Å². The van der Waals surface area contributed by atoms with E-state index in [4.69, 9.17) is 16.3 Å². The number of rotatable bonds is 10. The Kier molecular flexibility index (Phi) is 8.98.